The molecule has 1 aliphatic carbocycles. The number of allylic oxidation sites excluding steroid dienone is 3. The van der Waals surface area contributed by atoms with Crippen LogP contribution >= 0.6 is 0 Å². The Hall–Kier alpha value is -1.87. The van der Waals surface area contributed by atoms with Crippen LogP contribution in [0, 0.1) is 11.3 Å². The molecule has 1 N–H and O–H groups in total. The topological polar surface area (TPSA) is 38.3 Å². The van der Waals surface area contributed by atoms with E-state index in [1.807, 2.05) is 24.3 Å². The molecule has 0 amide bonds. The molecule has 1 aliphatic rings. The van der Waals surface area contributed by atoms with E-state index in [1.165, 1.54) is 0 Å². The third kappa shape index (κ3) is 4.82. The van der Waals surface area contributed by atoms with Gasteiger partial charge >= 0.3 is 0 Å². The van der Waals surface area contributed by atoms with Gasteiger partial charge in [0.15, 0.2) is 5.78 Å². The molecule has 136 valence electrons. The Bertz CT molecular complexity index is 646. The molecule has 1 fully saturated rings. The van der Waals surface area contributed by atoms with E-state index >= 15 is 0 Å². The molecule has 3 nitrogen and oxygen atoms in total. The number of anilines is 1. The van der Waals surface area contributed by atoms with Crippen molar-refractivity contribution in [1.82, 2.24) is 0 Å². The third-order valence-corrected chi connectivity index (χ3v) is 4.88. The van der Waals surface area contributed by atoms with Crippen LogP contribution in [0.2, 0.25) is 0 Å². The van der Waals surface area contributed by atoms with Crippen molar-refractivity contribution in [2.45, 2.75) is 53.6 Å². The van der Waals surface area contributed by atoms with Gasteiger partial charge in [-0.25, -0.2) is 0 Å². The maximum atomic E-state index is 12.8. The van der Waals surface area contributed by atoms with E-state index in [1.54, 1.807) is 7.11 Å². The smallest absolute Gasteiger partial charge is 0.165 e. The highest BCUT2D eigenvalue weighted by molar-refractivity contribution is 6.02. The van der Waals surface area contributed by atoms with Crippen LogP contribution in [0.15, 0.2) is 47.7 Å². The lowest BCUT2D eigenvalue weighted by Crippen LogP contribution is -2.29. The van der Waals surface area contributed by atoms with Crippen LogP contribution in [-0.2, 0) is 16.1 Å². The normalized spacial score (nSPS) is 20.4. The van der Waals surface area contributed by atoms with Gasteiger partial charge in [0.05, 0.1) is 6.61 Å². The maximum absolute atomic E-state index is 12.8. The van der Waals surface area contributed by atoms with Gasteiger partial charge in [0, 0.05) is 30.5 Å². The molecule has 0 bridgehead atoms. The lowest BCUT2D eigenvalue weighted by molar-refractivity contribution is -0.118. The summed E-state index contributed by atoms with van der Waals surface area (Å²) in [6, 6.07) is 8.17. The molecule has 1 atom stereocenters. The van der Waals surface area contributed by atoms with Crippen LogP contribution in [-0.4, -0.2) is 12.9 Å². The first-order valence-corrected chi connectivity index (χ1v) is 9.08. The molecule has 1 saturated carbocycles. The summed E-state index contributed by atoms with van der Waals surface area (Å²) < 4.78 is 5.16. The first kappa shape index (κ1) is 19.5. The number of ketones is 1. The zero-order chi connectivity index (χ0) is 18.6. The average molecular weight is 341 g/mol. The van der Waals surface area contributed by atoms with Gasteiger partial charge < -0.3 is 10.1 Å². The van der Waals surface area contributed by atoms with Gasteiger partial charge in [-0.15, -0.1) is 0 Å². The van der Waals surface area contributed by atoms with Crippen molar-refractivity contribution < 1.29 is 9.53 Å². The van der Waals surface area contributed by atoms with Gasteiger partial charge in [-0.2, -0.15) is 0 Å². The second-order valence-electron chi connectivity index (χ2n) is 7.90. The van der Waals surface area contributed by atoms with Gasteiger partial charge in [-0.1, -0.05) is 46.4 Å². The Morgan fingerprint density at radius 3 is 2.44 bits per heavy atom. The SMILES string of the molecule is C=C1CC(C)(C)CC(=O)/C1=C(\Nc1ccc(COC)cc1)C(C)CC. The molecule has 3 heteroatoms. The van der Waals surface area contributed by atoms with Crippen LogP contribution in [0.5, 0.6) is 0 Å². The molecule has 1 unspecified atom stereocenters. The van der Waals surface area contributed by atoms with E-state index in [9.17, 15) is 4.79 Å². The molecular formula is C22H31NO2. The summed E-state index contributed by atoms with van der Waals surface area (Å²) in [5, 5.41) is 3.51. The lowest BCUT2D eigenvalue weighted by atomic mass is 9.71. The second kappa shape index (κ2) is 8.01. The Morgan fingerprint density at radius 2 is 1.92 bits per heavy atom. The number of carbonyl (C=O) groups is 1. The average Bonchev–Trinajstić information content (AvgIpc) is 2.53. The molecule has 0 saturated heterocycles. The van der Waals surface area contributed by atoms with Crippen LogP contribution in [0.25, 0.3) is 0 Å². The summed E-state index contributed by atoms with van der Waals surface area (Å²) in [6.07, 6.45) is 2.41. The highest BCUT2D eigenvalue weighted by Gasteiger charge is 2.34. The van der Waals surface area contributed by atoms with Crippen LogP contribution in [0.4, 0.5) is 5.69 Å². The van der Waals surface area contributed by atoms with E-state index in [2.05, 4.69) is 39.6 Å². The Morgan fingerprint density at radius 1 is 1.28 bits per heavy atom. The van der Waals surface area contributed by atoms with Gasteiger partial charge in [-0.05, 0) is 47.4 Å². The predicted octanol–water partition coefficient (Wildman–Crippen LogP) is 5.49. The number of carbonyl (C=O) groups excluding carboxylic acids is 1. The largest absolute Gasteiger partial charge is 0.380 e. The van der Waals surface area contributed by atoms with Crippen molar-refractivity contribution in [3.05, 3.63) is 53.3 Å². The van der Waals surface area contributed by atoms with Gasteiger partial charge in [0.1, 0.15) is 0 Å². The summed E-state index contributed by atoms with van der Waals surface area (Å²) in [5.41, 5.74) is 4.90. The van der Waals surface area contributed by atoms with Gasteiger partial charge in [0.2, 0.25) is 0 Å². The number of hydrogen-bond acceptors (Lipinski definition) is 3. The van der Waals surface area contributed by atoms with E-state index in [0.29, 0.717) is 13.0 Å². The summed E-state index contributed by atoms with van der Waals surface area (Å²) in [6.45, 7) is 13.4. The lowest BCUT2D eigenvalue weighted by Gasteiger charge is -2.34. The molecule has 0 radical (unpaired) electrons. The highest BCUT2D eigenvalue weighted by Crippen LogP contribution is 2.41. The van der Waals surface area contributed by atoms with E-state index in [-0.39, 0.29) is 17.1 Å². The zero-order valence-electron chi connectivity index (χ0n) is 16.2. The highest BCUT2D eigenvalue weighted by atomic mass is 16.5. The molecule has 1 aromatic carbocycles. The number of rotatable bonds is 6. The molecule has 0 aliphatic heterocycles. The van der Waals surface area contributed by atoms with Gasteiger partial charge in [-0.3, -0.25) is 4.79 Å². The molecular weight excluding hydrogens is 310 g/mol. The van der Waals surface area contributed by atoms with Crippen molar-refractivity contribution in [3.8, 4) is 0 Å². The Labute approximate surface area is 152 Å². The van der Waals surface area contributed by atoms with Crippen molar-refractivity contribution in [3.63, 3.8) is 0 Å². The molecule has 0 aromatic heterocycles. The summed E-state index contributed by atoms with van der Waals surface area (Å²) in [4.78, 5) is 12.8. The maximum Gasteiger partial charge on any atom is 0.165 e. The van der Waals surface area contributed by atoms with Crippen LogP contribution in [0.1, 0.15) is 52.5 Å². The van der Waals surface area contributed by atoms with E-state index < -0.39 is 0 Å². The summed E-state index contributed by atoms with van der Waals surface area (Å²) in [7, 11) is 1.69. The van der Waals surface area contributed by atoms with E-state index in [4.69, 9.17) is 4.74 Å². The number of benzene rings is 1. The van der Waals surface area contributed by atoms with Crippen LogP contribution in [0.3, 0.4) is 0 Å². The Kier molecular flexibility index (Phi) is 6.23. The molecule has 0 spiro atoms. The quantitative estimate of drug-likeness (QED) is 0.695. The molecule has 1 aromatic rings. The van der Waals surface area contributed by atoms with Crippen molar-refractivity contribution in [2.75, 3.05) is 12.4 Å². The summed E-state index contributed by atoms with van der Waals surface area (Å²) >= 11 is 0. The monoisotopic (exact) mass is 341 g/mol. The first-order chi connectivity index (χ1) is 11.8. The van der Waals surface area contributed by atoms with Crippen molar-refractivity contribution in [2.24, 2.45) is 11.3 Å². The number of hydrogen-bond donors (Lipinski definition) is 1. The summed E-state index contributed by atoms with van der Waals surface area (Å²) in [5.74, 6) is 0.482. The van der Waals surface area contributed by atoms with Gasteiger partial charge in [0.25, 0.3) is 0 Å². The molecule has 2 rings (SSSR count). The Balaban J connectivity index is 2.36. The number of nitrogens with one attached hydrogen (secondary N) is 1. The standard InChI is InChI=1S/C22H31NO2/c1-7-15(2)21(20-16(3)12-22(4,5)13-19(20)24)23-18-10-8-17(9-11-18)14-25-6/h8-11,15,23H,3,7,12-14H2,1-2,4-6H3/b21-20-. The number of methoxy groups -OCH3 is 1. The number of Topliss-reactive ketones (excluding diaryl/α,β-unsaturated/α-hetero) is 1. The minimum Gasteiger partial charge on any atom is -0.380 e. The van der Waals surface area contributed by atoms with Crippen molar-refractivity contribution >= 4 is 11.5 Å². The first-order valence-electron chi connectivity index (χ1n) is 9.08. The zero-order valence-corrected chi connectivity index (χ0v) is 16.2. The second-order valence-corrected chi connectivity index (χ2v) is 7.90. The minimum absolute atomic E-state index is 0.0000301. The third-order valence-electron chi connectivity index (χ3n) is 4.88. The van der Waals surface area contributed by atoms with Crippen LogP contribution < -0.4 is 5.32 Å². The van der Waals surface area contributed by atoms with Crippen molar-refractivity contribution in [1.29, 1.82) is 0 Å². The predicted molar refractivity (Wildman–Crippen MR) is 104 cm³/mol. The fourth-order valence-electron chi connectivity index (χ4n) is 3.43. The van der Waals surface area contributed by atoms with E-state index in [0.717, 1.165) is 40.9 Å². The fourth-order valence-corrected chi connectivity index (χ4v) is 3.43. The molecule has 0 heterocycles. The minimum atomic E-state index is 0.0000301. The number of ether oxygens (including phenoxy) is 1. The fraction of sp³-hybridized carbons (Fsp3) is 0.500. The molecule has 25 heavy (non-hydrogen) atoms.